The highest BCUT2D eigenvalue weighted by molar-refractivity contribution is 5.82. The number of aliphatic hydroxyl groups is 1. The summed E-state index contributed by atoms with van der Waals surface area (Å²) in [5, 5.41) is 15.0. The van der Waals surface area contributed by atoms with Crippen LogP contribution in [0, 0.1) is 5.82 Å². The first kappa shape index (κ1) is 13.0. The van der Waals surface area contributed by atoms with Gasteiger partial charge in [-0.15, -0.1) is 0 Å². The van der Waals surface area contributed by atoms with Crippen LogP contribution in [0.4, 0.5) is 4.39 Å². The van der Waals surface area contributed by atoms with Crippen molar-refractivity contribution in [1.29, 1.82) is 0 Å². The maximum Gasteiger partial charge on any atom is 0.237 e. The van der Waals surface area contributed by atoms with Gasteiger partial charge in [0.05, 0.1) is 18.2 Å². The van der Waals surface area contributed by atoms with Crippen LogP contribution in [0.5, 0.6) is 0 Å². The molecule has 1 saturated heterocycles. The van der Waals surface area contributed by atoms with Crippen LogP contribution in [-0.4, -0.2) is 29.7 Å². The van der Waals surface area contributed by atoms with Gasteiger partial charge in [-0.1, -0.05) is 18.2 Å². The number of hydrogen-bond acceptors (Lipinski definition) is 3. The minimum absolute atomic E-state index is 0.206. The molecule has 5 heteroatoms. The zero-order valence-corrected chi connectivity index (χ0v) is 10.2. The Balaban J connectivity index is 1.97. The lowest BCUT2D eigenvalue weighted by Gasteiger charge is -2.18. The van der Waals surface area contributed by atoms with Gasteiger partial charge >= 0.3 is 0 Å². The Morgan fingerprint density at radius 1 is 1.56 bits per heavy atom. The lowest BCUT2D eigenvalue weighted by Crippen LogP contribution is -2.41. The molecule has 1 aliphatic rings. The van der Waals surface area contributed by atoms with E-state index in [4.69, 9.17) is 0 Å². The number of benzene rings is 1. The normalized spacial score (nSPS) is 24.8. The number of amides is 1. The molecule has 0 aromatic heterocycles. The number of rotatable bonds is 3. The third-order valence-electron chi connectivity index (χ3n) is 3.15. The van der Waals surface area contributed by atoms with Gasteiger partial charge in [0, 0.05) is 12.1 Å². The Kier molecular flexibility index (Phi) is 3.93. The molecule has 0 spiro atoms. The fourth-order valence-corrected chi connectivity index (χ4v) is 2.13. The van der Waals surface area contributed by atoms with Gasteiger partial charge in [0.1, 0.15) is 5.82 Å². The van der Waals surface area contributed by atoms with Gasteiger partial charge in [-0.05, 0) is 19.4 Å². The third-order valence-corrected chi connectivity index (χ3v) is 3.15. The van der Waals surface area contributed by atoms with Crippen LogP contribution in [-0.2, 0) is 4.79 Å². The van der Waals surface area contributed by atoms with Gasteiger partial charge in [-0.25, -0.2) is 4.39 Å². The zero-order chi connectivity index (χ0) is 13.1. The van der Waals surface area contributed by atoms with Crippen molar-refractivity contribution in [2.75, 3.05) is 6.54 Å². The Bertz CT molecular complexity index is 439. The largest absolute Gasteiger partial charge is 0.392 e. The number of aliphatic hydroxyl groups excluding tert-OH is 1. The highest BCUT2D eigenvalue weighted by Gasteiger charge is 2.29. The summed E-state index contributed by atoms with van der Waals surface area (Å²) in [6, 6.07) is 5.58. The van der Waals surface area contributed by atoms with Crippen LogP contribution in [0.25, 0.3) is 0 Å². The van der Waals surface area contributed by atoms with Crippen molar-refractivity contribution in [3.63, 3.8) is 0 Å². The van der Waals surface area contributed by atoms with Crippen molar-refractivity contribution in [2.45, 2.75) is 31.5 Å². The first-order valence-corrected chi connectivity index (χ1v) is 6.04. The molecular formula is C13H17FN2O2. The minimum atomic E-state index is -0.482. The van der Waals surface area contributed by atoms with E-state index in [1.165, 1.54) is 6.07 Å². The Morgan fingerprint density at radius 3 is 2.89 bits per heavy atom. The molecule has 18 heavy (non-hydrogen) atoms. The van der Waals surface area contributed by atoms with Crippen LogP contribution < -0.4 is 10.6 Å². The lowest BCUT2D eigenvalue weighted by molar-refractivity contribution is -0.123. The summed E-state index contributed by atoms with van der Waals surface area (Å²) in [6.45, 7) is 2.16. The van der Waals surface area contributed by atoms with E-state index in [-0.39, 0.29) is 11.7 Å². The molecule has 1 aromatic rings. The van der Waals surface area contributed by atoms with Crippen LogP contribution >= 0.6 is 0 Å². The average molecular weight is 252 g/mol. The van der Waals surface area contributed by atoms with Crippen molar-refractivity contribution in [3.05, 3.63) is 35.6 Å². The molecule has 1 amide bonds. The van der Waals surface area contributed by atoms with Gasteiger partial charge in [0.25, 0.3) is 0 Å². The standard InChI is InChI=1S/C13H17FN2O2/c1-8(10-4-2-3-5-11(10)14)16-13(18)12-6-9(17)7-15-12/h2-5,8-9,12,15,17H,6-7H2,1H3,(H,16,18). The third kappa shape index (κ3) is 2.86. The maximum absolute atomic E-state index is 13.5. The molecule has 0 radical (unpaired) electrons. The molecule has 0 saturated carbocycles. The van der Waals surface area contributed by atoms with Crippen molar-refractivity contribution < 1.29 is 14.3 Å². The van der Waals surface area contributed by atoms with Crippen molar-refractivity contribution in [2.24, 2.45) is 0 Å². The van der Waals surface area contributed by atoms with Crippen molar-refractivity contribution in [1.82, 2.24) is 10.6 Å². The SMILES string of the molecule is CC(NC(=O)C1CC(O)CN1)c1ccccc1F. The van der Waals surface area contributed by atoms with Gasteiger partial charge in [-0.2, -0.15) is 0 Å². The van der Waals surface area contributed by atoms with Gasteiger partial charge < -0.3 is 15.7 Å². The van der Waals surface area contributed by atoms with E-state index in [9.17, 15) is 14.3 Å². The topological polar surface area (TPSA) is 61.4 Å². The summed E-state index contributed by atoms with van der Waals surface area (Å²) in [5.74, 6) is -0.535. The highest BCUT2D eigenvalue weighted by atomic mass is 19.1. The second kappa shape index (κ2) is 5.46. The molecule has 0 aliphatic carbocycles. The number of carbonyl (C=O) groups is 1. The molecule has 1 fully saturated rings. The first-order chi connectivity index (χ1) is 8.58. The Hall–Kier alpha value is -1.46. The number of β-amino-alcohol motifs (C(OH)–C–C–N with tert-alkyl or cyclic N) is 1. The summed E-state index contributed by atoms with van der Waals surface area (Å²) in [5.41, 5.74) is 0.462. The fraction of sp³-hybridized carbons (Fsp3) is 0.462. The van der Waals surface area contributed by atoms with Crippen LogP contribution in [0.15, 0.2) is 24.3 Å². The number of nitrogens with one attached hydrogen (secondary N) is 2. The Morgan fingerprint density at radius 2 is 2.28 bits per heavy atom. The number of carbonyl (C=O) groups excluding carboxylic acids is 1. The van der Waals surface area contributed by atoms with Crippen LogP contribution in [0.2, 0.25) is 0 Å². The van der Waals surface area contributed by atoms with Crippen molar-refractivity contribution in [3.8, 4) is 0 Å². The predicted molar refractivity (Wildman–Crippen MR) is 65.4 cm³/mol. The molecule has 1 aliphatic heterocycles. The van der Waals surface area contributed by atoms with E-state index < -0.39 is 18.2 Å². The quantitative estimate of drug-likeness (QED) is 0.743. The predicted octanol–water partition coefficient (Wildman–Crippen LogP) is 0.726. The number of halogens is 1. The maximum atomic E-state index is 13.5. The Labute approximate surface area is 105 Å². The smallest absolute Gasteiger partial charge is 0.237 e. The molecule has 4 nitrogen and oxygen atoms in total. The van der Waals surface area contributed by atoms with Gasteiger partial charge in [0.15, 0.2) is 0 Å². The van der Waals surface area contributed by atoms with Crippen molar-refractivity contribution >= 4 is 5.91 Å². The summed E-state index contributed by atoms with van der Waals surface area (Å²) < 4.78 is 13.5. The van der Waals surface area contributed by atoms with E-state index in [0.29, 0.717) is 18.5 Å². The van der Waals surface area contributed by atoms with Crippen LogP contribution in [0.1, 0.15) is 24.9 Å². The van der Waals surface area contributed by atoms with Gasteiger partial charge in [-0.3, -0.25) is 4.79 Å². The molecule has 3 atom stereocenters. The lowest BCUT2D eigenvalue weighted by atomic mass is 10.1. The second-order valence-corrected chi connectivity index (χ2v) is 4.60. The molecule has 3 unspecified atom stereocenters. The molecular weight excluding hydrogens is 235 g/mol. The number of hydrogen-bond donors (Lipinski definition) is 3. The fourth-order valence-electron chi connectivity index (χ4n) is 2.13. The molecule has 2 rings (SSSR count). The van der Waals surface area contributed by atoms with E-state index >= 15 is 0 Å². The molecule has 98 valence electrons. The summed E-state index contributed by atoms with van der Waals surface area (Å²) >= 11 is 0. The average Bonchev–Trinajstić information content (AvgIpc) is 2.76. The summed E-state index contributed by atoms with van der Waals surface area (Å²) in [4.78, 5) is 11.9. The minimum Gasteiger partial charge on any atom is -0.392 e. The van der Waals surface area contributed by atoms with E-state index in [0.717, 1.165) is 0 Å². The molecule has 0 bridgehead atoms. The molecule has 1 aromatic carbocycles. The van der Waals surface area contributed by atoms with E-state index in [1.54, 1.807) is 25.1 Å². The molecule has 3 N–H and O–H groups in total. The van der Waals surface area contributed by atoms with Gasteiger partial charge in [0.2, 0.25) is 5.91 Å². The molecule has 1 heterocycles. The first-order valence-electron chi connectivity index (χ1n) is 6.04. The summed E-state index contributed by atoms with van der Waals surface area (Å²) in [6.07, 6.45) is -0.0833. The monoisotopic (exact) mass is 252 g/mol. The van der Waals surface area contributed by atoms with E-state index in [2.05, 4.69) is 10.6 Å². The second-order valence-electron chi connectivity index (χ2n) is 4.60. The highest BCUT2D eigenvalue weighted by Crippen LogP contribution is 2.17. The summed E-state index contributed by atoms with van der Waals surface area (Å²) in [7, 11) is 0. The van der Waals surface area contributed by atoms with E-state index in [1.807, 2.05) is 0 Å². The van der Waals surface area contributed by atoms with Crippen LogP contribution in [0.3, 0.4) is 0 Å². The zero-order valence-electron chi connectivity index (χ0n) is 10.2.